The molecule has 0 aliphatic heterocycles. The molecule has 1 radical (unpaired) electrons. The lowest BCUT2D eigenvalue weighted by Crippen LogP contribution is -2.11. The van der Waals surface area contributed by atoms with Crippen LogP contribution in [0.3, 0.4) is 0 Å². The van der Waals surface area contributed by atoms with E-state index in [9.17, 15) is 0 Å². The summed E-state index contributed by atoms with van der Waals surface area (Å²) in [5, 5.41) is 7.36. The van der Waals surface area contributed by atoms with E-state index in [1.54, 1.807) is 18.3 Å². The molecule has 2 rings (SSSR count). The molecule has 1 aromatic heterocycles. The number of nitrogen functional groups attached to an aromatic ring is 1. The average molecular weight is 210 g/mol. The van der Waals surface area contributed by atoms with Crippen molar-refractivity contribution in [1.29, 1.82) is 5.41 Å². The summed E-state index contributed by atoms with van der Waals surface area (Å²) in [5.41, 5.74) is 8.31. The van der Waals surface area contributed by atoms with Crippen LogP contribution in [-0.4, -0.2) is 10.8 Å². The maximum absolute atomic E-state index is 7.36. The highest BCUT2D eigenvalue weighted by Crippen LogP contribution is 2.09. The van der Waals surface area contributed by atoms with Crippen LogP contribution in [0.25, 0.3) is 0 Å². The van der Waals surface area contributed by atoms with Gasteiger partial charge in [-0.2, -0.15) is 0 Å². The molecule has 3 nitrogen and oxygen atoms in total. The largest absolute Gasteiger partial charge is 0.384 e. The average Bonchev–Trinajstić information content (AvgIpc) is 2.30. The zero-order chi connectivity index (χ0) is 11.4. The molecular formula is C13H12N3. The van der Waals surface area contributed by atoms with Crippen molar-refractivity contribution in [3.05, 3.63) is 65.5 Å². The summed E-state index contributed by atoms with van der Waals surface area (Å²) in [6.07, 6.45) is 4.34. The van der Waals surface area contributed by atoms with Crippen molar-refractivity contribution in [2.45, 2.75) is 6.42 Å². The van der Waals surface area contributed by atoms with Crippen LogP contribution < -0.4 is 5.73 Å². The van der Waals surface area contributed by atoms with E-state index in [1.165, 1.54) is 0 Å². The lowest BCUT2D eigenvalue weighted by atomic mass is 10.0. The number of hydrogen-bond donors (Lipinski definition) is 2. The van der Waals surface area contributed by atoms with Gasteiger partial charge in [-0.3, -0.25) is 10.4 Å². The second kappa shape index (κ2) is 4.57. The van der Waals surface area contributed by atoms with Crippen molar-refractivity contribution in [2.75, 3.05) is 0 Å². The summed E-state index contributed by atoms with van der Waals surface area (Å²) in [6.45, 7) is 0. The molecular weight excluding hydrogens is 198 g/mol. The predicted molar refractivity (Wildman–Crippen MR) is 63.3 cm³/mol. The van der Waals surface area contributed by atoms with Gasteiger partial charge >= 0.3 is 0 Å². The van der Waals surface area contributed by atoms with E-state index in [4.69, 9.17) is 11.1 Å². The number of rotatable bonds is 3. The summed E-state index contributed by atoms with van der Waals surface area (Å²) >= 11 is 0. The summed E-state index contributed by atoms with van der Waals surface area (Å²) < 4.78 is 0. The Kier molecular flexibility index (Phi) is 2.96. The Morgan fingerprint density at radius 1 is 1.44 bits per heavy atom. The van der Waals surface area contributed by atoms with Gasteiger partial charge in [-0.15, -0.1) is 0 Å². The van der Waals surface area contributed by atoms with Gasteiger partial charge in [0, 0.05) is 18.0 Å². The fourth-order valence-electron chi connectivity index (χ4n) is 1.51. The summed E-state index contributed by atoms with van der Waals surface area (Å²) in [7, 11) is 0. The van der Waals surface area contributed by atoms with Crippen LogP contribution in [0.1, 0.15) is 16.7 Å². The molecule has 79 valence electrons. The fourth-order valence-corrected chi connectivity index (χ4v) is 1.51. The SMILES string of the molecule is N=C(N)c1cc[c]c(Cc2cccnc2)c1. The molecule has 0 amide bonds. The third-order valence-electron chi connectivity index (χ3n) is 2.29. The molecule has 0 aliphatic rings. The molecule has 0 saturated heterocycles. The van der Waals surface area contributed by atoms with Crippen molar-refractivity contribution >= 4 is 5.84 Å². The first-order valence-electron chi connectivity index (χ1n) is 4.99. The van der Waals surface area contributed by atoms with Crippen LogP contribution in [0.15, 0.2) is 42.7 Å². The maximum atomic E-state index is 7.36. The lowest BCUT2D eigenvalue weighted by molar-refractivity contribution is 1.14. The van der Waals surface area contributed by atoms with Gasteiger partial charge < -0.3 is 5.73 Å². The number of amidine groups is 1. The van der Waals surface area contributed by atoms with Crippen molar-refractivity contribution in [3.8, 4) is 0 Å². The fraction of sp³-hybridized carbons (Fsp3) is 0.0769. The van der Waals surface area contributed by atoms with Gasteiger partial charge in [0.1, 0.15) is 5.84 Å². The third kappa shape index (κ3) is 2.45. The van der Waals surface area contributed by atoms with Gasteiger partial charge in [0.15, 0.2) is 0 Å². The number of nitrogens with two attached hydrogens (primary N) is 1. The monoisotopic (exact) mass is 210 g/mol. The second-order valence-corrected chi connectivity index (χ2v) is 3.55. The second-order valence-electron chi connectivity index (χ2n) is 3.55. The van der Waals surface area contributed by atoms with Gasteiger partial charge in [0.2, 0.25) is 0 Å². The molecule has 0 aliphatic carbocycles. The van der Waals surface area contributed by atoms with E-state index >= 15 is 0 Å². The van der Waals surface area contributed by atoms with E-state index < -0.39 is 0 Å². The Morgan fingerprint density at radius 2 is 2.31 bits per heavy atom. The van der Waals surface area contributed by atoms with E-state index in [-0.39, 0.29) is 5.84 Å². The minimum Gasteiger partial charge on any atom is -0.384 e. The molecule has 1 heterocycles. The van der Waals surface area contributed by atoms with Crippen molar-refractivity contribution in [1.82, 2.24) is 4.98 Å². The Balaban J connectivity index is 2.22. The molecule has 0 atom stereocenters. The normalized spacial score (nSPS) is 10.0. The molecule has 2 aromatic rings. The highest BCUT2D eigenvalue weighted by Gasteiger charge is 2.00. The standard InChI is InChI=1S/C13H12N3/c14-13(15)12-5-1-3-10(8-12)7-11-4-2-6-16-9-11/h1-2,4-6,8-9H,7H2,(H3,14,15). The molecule has 3 heteroatoms. The Hall–Kier alpha value is -2.16. The first-order chi connectivity index (χ1) is 7.75. The molecule has 0 spiro atoms. The lowest BCUT2D eigenvalue weighted by Gasteiger charge is -2.03. The highest BCUT2D eigenvalue weighted by molar-refractivity contribution is 5.95. The number of aromatic nitrogens is 1. The van der Waals surface area contributed by atoms with Crippen LogP contribution >= 0.6 is 0 Å². The summed E-state index contributed by atoms with van der Waals surface area (Å²) in [5.74, 6) is 0.0847. The van der Waals surface area contributed by atoms with Crippen molar-refractivity contribution in [2.24, 2.45) is 5.73 Å². The van der Waals surface area contributed by atoms with E-state index in [2.05, 4.69) is 11.1 Å². The van der Waals surface area contributed by atoms with Gasteiger partial charge in [0.05, 0.1) is 0 Å². The maximum Gasteiger partial charge on any atom is 0.122 e. The van der Waals surface area contributed by atoms with E-state index in [1.807, 2.05) is 24.4 Å². The molecule has 0 saturated carbocycles. The first kappa shape index (κ1) is 10.4. The van der Waals surface area contributed by atoms with Crippen LogP contribution in [0.2, 0.25) is 0 Å². The molecule has 16 heavy (non-hydrogen) atoms. The van der Waals surface area contributed by atoms with E-state index in [0.29, 0.717) is 0 Å². The third-order valence-corrected chi connectivity index (χ3v) is 2.29. The number of hydrogen-bond acceptors (Lipinski definition) is 2. The van der Waals surface area contributed by atoms with Crippen molar-refractivity contribution < 1.29 is 0 Å². The molecule has 0 bridgehead atoms. The van der Waals surface area contributed by atoms with Crippen LogP contribution in [-0.2, 0) is 6.42 Å². The minimum atomic E-state index is 0.0847. The Morgan fingerprint density at radius 3 is 3.00 bits per heavy atom. The zero-order valence-electron chi connectivity index (χ0n) is 8.77. The smallest absolute Gasteiger partial charge is 0.122 e. The van der Waals surface area contributed by atoms with Gasteiger partial charge in [-0.1, -0.05) is 18.2 Å². The number of pyridine rings is 1. The molecule has 0 fully saturated rings. The number of benzene rings is 1. The Bertz CT molecular complexity index is 492. The van der Waals surface area contributed by atoms with Gasteiger partial charge in [-0.25, -0.2) is 0 Å². The van der Waals surface area contributed by atoms with Crippen LogP contribution in [0.5, 0.6) is 0 Å². The topological polar surface area (TPSA) is 62.8 Å². The Labute approximate surface area is 94.5 Å². The summed E-state index contributed by atoms with van der Waals surface area (Å²) in [6, 6.07) is 12.5. The zero-order valence-corrected chi connectivity index (χ0v) is 8.77. The van der Waals surface area contributed by atoms with E-state index in [0.717, 1.165) is 23.1 Å². The van der Waals surface area contributed by atoms with Crippen LogP contribution in [0.4, 0.5) is 0 Å². The number of nitrogens with zero attached hydrogens (tertiary/aromatic N) is 1. The van der Waals surface area contributed by atoms with Crippen molar-refractivity contribution in [3.63, 3.8) is 0 Å². The highest BCUT2D eigenvalue weighted by atomic mass is 14.7. The van der Waals surface area contributed by atoms with Gasteiger partial charge in [0.25, 0.3) is 0 Å². The minimum absolute atomic E-state index is 0.0847. The molecule has 0 unspecified atom stereocenters. The molecule has 3 N–H and O–H groups in total. The quantitative estimate of drug-likeness (QED) is 0.599. The molecule has 1 aromatic carbocycles. The van der Waals surface area contributed by atoms with Gasteiger partial charge in [-0.05, 0) is 35.7 Å². The van der Waals surface area contributed by atoms with Crippen LogP contribution in [0, 0.1) is 11.5 Å². The number of nitrogens with one attached hydrogen (secondary N) is 1. The predicted octanol–water partition coefficient (Wildman–Crippen LogP) is 1.76. The summed E-state index contributed by atoms with van der Waals surface area (Å²) in [4.78, 5) is 4.06. The first-order valence-corrected chi connectivity index (χ1v) is 4.99.